The van der Waals surface area contributed by atoms with Crippen LogP contribution in [0.1, 0.15) is 44.4 Å². The average Bonchev–Trinajstić information content (AvgIpc) is 2.90. The smallest absolute Gasteiger partial charge is 0.264 e. The number of nitrogens with one attached hydrogen (secondary N) is 1. The van der Waals surface area contributed by atoms with Gasteiger partial charge in [0.1, 0.15) is 18.3 Å². The standard InChI is InChI=1S/C31H38ClN3O5S/c1-21-12-15-26(16-13-21)41(38,39)35(27-18-25(32)14-17-28(27)40-7)20-29(36)34(19-24-11-9-8-10-22(24)2)23(3)30(37)33-31(4,5)6/h8-18,23H,19-20H2,1-7H3,(H,33,37). The second-order valence-electron chi connectivity index (χ2n) is 11.0. The van der Waals surface area contributed by atoms with E-state index in [0.29, 0.717) is 0 Å². The second kappa shape index (κ2) is 13.0. The van der Waals surface area contributed by atoms with Gasteiger partial charge in [0.05, 0.1) is 17.7 Å². The predicted molar refractivity (Wildman–Crippen MR) is 163 cm³/mol. The minimum atomic E-state index is -4.26. The summed E-state index contributed by atoms with van der Waals surface area (Å²) >= 11 is 6.29. The lowest BCUT2D eigenvalue weighted by Gasteiger charge is -2.34. The van der Waals surface area contributed by atoms with E-state index in [-0.39, 0.29) is 33.8 Å². The van der Waals surface area contributed by atoms with E-state index in [1.807, 2.05) is 58.9 Å². The highest BCUT2D eigenvalue weighted by Crippen LogP contribution is 2.35. The monoisotopic (exact) mass is 599 g/mol. The van der Waals surface area contributed by atoms with Gasteiger partial charge in [-0.2, -0.15) is 0 Å². The highest BCUT2D eigenvalue weighted by Gasteiger charge is 2.34. The second-order valence-corrected chi connectivity index (χ2v) is 13.3. The van der Waals surface area contributed by atoms with Crippen molar-refractivity contribution in [1.29, 1.82) is 0 Å². The quantitative estimate of drug-likeness (QED) is 0.332. The molecule has 10 heteroatoms. The van der Waals surface area contributed by atoms with Gasteiger partial charge in [-0.3, -0.25) is 13.9 Å². The molecule has 0 aliphatic heterocycles. The molecule has 0 heterocycles. The van der Waals surface area contributed by atoms with Crippen LogP contribution in [-0.4, -0.2) is 50.4 Å². The molecule has 0 radical (unpaired) electrons. The maximum absolute atomic E-state index is 14.1. The zero-order valence-electron chi connectivity index (χ0n) is 24.6. The summed E-state index contributed by atoms with van der Waals surface area (Å²) in [6, 6.07) is 17.6. The molecule has 1 atom stereocenters. The number of carbonyl (C=O) groups is 2. The number of benzene rings is 3. The zero-order chi connectivity index (χ0) is 30.5. The summed E-state index contributed by atoms with van der Waals surface area (Å²) in [6.45, 7) is 10.5. The lowest BCUT2D eigenvalue weighted by Crippen LogP contribution is -2.54. The fourth-order valence-corrected chi connectivity index (χ4v) is 5.82. The summed E-state index contributed by atoms with van der Waals surface area (Å²) in [6.07, 6.45) is 0. The Balaban J connectivity index is 2.12. The molecule has 0 aromatic heterocycles. The number of halogens is 1. The van der Waals surface area contributed by atoms with E-state index in [1.165, 1.54) is 30.2 Å². The van der Waals surface area contributed by atoms with Gasteiger partial charge in [0, 0.05) is 17.1 Å². The topological polar surface area (TPSA) is 96.0 Å². The highest BCUT2D eigenvalue weighted by molar-refractivity contribution is 7.92. The van der Waals surface area contributed by atoms with Crippen LogP contribution in [0.3, 0.4) is 0 Å². The van der Waals surface area contributed by atoms with Gasteiger partial charge in [0.2, 0.25) is 11.8 Å². The van der Waals surface area contributed by atoms with E-state index in [2.05, 4.69) is 5.32 Å². The van der Waals surface area contributed by atoms with E-state index in [0.717, 1.165) is 21.0 Å². The van der Waals surface area contributed by atoms with Crippen molar-refractivity contribution >= 4 is 39.1 Å². The molecule has 1 unspecified atom stereocenters. The van der Waals surface area contributed by atoms with Gasteiger partial charge in [-0.1, -0.05) is 53.6 Å². The Bertz CT molecular complexity index is 1500. The van der Waals surface area contributed by atoms with Crippen LogP contribution in [-0.2, 0) is 26.2 Å². The van der Waals surface area contributed by atoms with Gasteiger partial charge < -0.3 is 15.0 Å². The van der Waals surface area contributed by atoms with Gasteiger partial charge >= 0.3 is 0 Å². The predicted octanol–water partition coefficient (Wildman–Crippen LogP) is 5.49. The first-order valence-electron chi connectivity index (χ1n) is 13.2. The molecule has 0 spiro atoms. The number of aryl methyl sites for hydroxylation is 2. The van der Waals surface area contributed by atoms with Crippen molar-refractivity contribution < 1.29 is 22.7 Å². The van der Waals surface area contributed by atoms with Crippen molar-refractivity contribution in [2.75, 3.05) is 18.0 Å². The van der Waals surface area contributed by atoms with Crippen LogP contribution in [0.5, 0.6) is 5.75 Å². The van der Waals surface area contributed by atoms with E-state index in [9.17, 15) is 18.0 Å². The van der Waals surface area contributed by atoms with Crippen molar-refractivity contribution in [2.45, 2.75) is 64.6 Å². The molecule has 41 heavy (non-hydrogen) atoms. The van der Waals surface area contributed by atoms with Crippen LogP contribution in [0.15, 0.2) is 71.6 Å². The van der Waals surface area contributed by atoms with Gasteiger partial charge in [0.25, 0.3) is 10.0 Å². The Morgan fingerprint density at radius 3 is 2.22 bits per heavy atom. The van der Waals surface area contributed by atoms with E-state index in [4.69, 9.17) is 16.3 Å². The third-order valence-corrected chi connectivity index (χ3v) is 8.57. The molecule has 220 valence electrons. The van der Waals surface area contributed by atoms with Gasteiger partial charge in [-0.05, 0) is 83.0 Å². The van der Waals surface area contributed by atoms with Crippen molar-refractivity contribution in [3.05, 3.63) is 88.4 Å². The summed E-state index contributed by atoms with van der Waals surface area (Å²) in [4.78, 5) is 28.8. The first-order valence-corrected chi connectivity index (χ1v) is 15.0. The minimum Gasteiger partial charge on any atom is -0.495 e. The number of nitrogens with zero attached hydrogens (tertiary/aromatic N) is 2. The fraction of sp³-hybridized carbons (Fsp3) is 0.355. The molecule has 2 amide bonds. The summed E-state index contributed by atoms with van der Waals surface area (Å²) in [7, 11) is -2.85. The Labute approximate surface area is 248 Å². The minimum absolute atomic E-state index is 0.00177. The van der Waals surface area contributed by atoms with Crippen LogP contribution in [0, 0.1) is 13.8 Å². The van der Waals surface area contributed by atoms with Crippen molar-refractivity contribution in [3.8, 4) is 5.75 Å². The molecular formula is C31H38ClN3O5S. The van der Waals surface area contributed by atoms with E-state index < -0.39 is 34.1 Å². The average molecular weight is 600 g/mol. The first-order chi connectivity index (χ1) is 19.1. The number of rotatable bonds is 10. The third kappa shape index (κ3) is 8.01. The fourth-order valence-electron chi connectivity index (χ4n) is 4.24. The zero-order valence-corrected chi connectivity index (χ0v) is 26.1. The number of hydrogen-bond acceptors (Lipinski definition) is 5. The van der Waals surface area contributed by atoms with Crippen LogP contribution >= 0.6 is 11.6 Å². The number of hydrogen-bond donors (Lipinski definition) is 1. The Hall–Kier alpha value is -3.56. The van der Waals surface area contributed by atoms with Crippen molar-refractivity contribution in [2.24, 2.45) is 0 Å². The maximum atomic E-state index is 14.1. The summed E-state index contributed by atoms with van der Waals surface area (Å²) in [5, 5.41) is 3.20. The van der Waals surface area contributed by atoms with Gasteiger partial charge in [-0.25, -0.2) is 8.42 Å². The van der Waals surface area contributed by atoms with Crippen LogP contribution in [0.4, 0.5) is 5.69 Å². The molecule has 0 bridgehead atoms. The first kappa shape index (κ1) is 32.0. The highest BCUT2D eigenvalue weighted by atomic mass is 35.5. The number of amides is 2. The SMILES string of the molecule is COc1ccc(Cl)cc1N(CC(=O)N(Cc1ccccc1C)C(C)C(=O)NC(C)(C)C)S(=O)(=O)c1ccc(C)cc1. The molecule has 1 N–H and O–H groups in total. The Kier molecular flexibility index (Phi) is 10.1. The molecule has 0 aliphatic rings. The molecule has 3 rings (SSSR count). The molecule has 0 saturated carbocycles. The summed E-state index contributed by atoms with van der Waals surface area (Å²) in [5.41, 5.74) is 2.24. The molecule has 3 aromatic rings. The largest absolute Gasteiger partial charge is 0.495 e. The van der Waals surface area contributed by atoms with Gasteiger partial charge in [0.15, 0.2) is 0 Å². The van der Waals surface area contributed by atoms with Crippen molar-refractivity contribution in [1.82, 2.24) is 10.2 Å². The Morgan fingerprint density at radius 1 is 1.00 bits per heavy atom. The van der Waals surface area contributed by atoms with E-state index in [1.54, 1.807) is 31.2 Å². The van der Waals surface area contributed by atoms with E-state index >= 15 is 0 Å². The maximum Gasteiger partial charge on any atom is 0.264 e. The normalized spacial score (nSPS) is 12.4. The van der Waals surface area contributed by atoms with Crippen LogP contribution in [0.25, 0.3) is 0 Å². The number of carbonyl (C=O) groups excluding carboxylic acids is 2. The van der Waals surface area contributed by atoms with Gasteiger partial charge in [-0.15, -0.1) is 0 Å². The van der Waals surface area contributed by atoms with Crippen molar-refractivity contribution in [3.63, 3.8) is 0 Å². The molecule has 8 nitrogen and oxygen atoms in total. The summed E-state index contributed by atoms with van der Waals surface area (Å²) < 4.78 is 34.6. The molecule has 3 aromatic carbocycles. The third-order valence-electron chi connectivity index (χ3n) is 6.56. The molecule has 0 aliphatic carbocycles. The number of sulfonamides is 1. The molecule has 0 saturated heterocycles. The molecular weight excluding hydrogens is 562 g/mol. The lowest BCUT2D eigenvalue weighted by atomic mass is 10.1. The van der Waals surface area contributed by atoms with Crippen LogP contribution < -0.4 is 14.4 Å². The van der Waals surface area contributed by atoms with Crippen LogP contribution in [0.2, 0.25) is 5.02 Å². The summed E-state index contributed by atoms with van der Waals surface area (Å²) in [5.74, 6) is -0.697. The molecule has 0 fully saturated rings. The number of methoxy groups -OCH3 is 1. The number of anilines is 1. The Morgan fingerprint density at radius 2 is 1.63 bits per heavy atom. The number of ether oxygens (including phenoxy) is 1. The lowest BCUT2D eigenvalue weighted by molar-refractivity contribution is -0.140.